The maximum Gasteiger partial charge on any atom is 0.418 e. The lowest BCUT2D eigenvalue weighted by Crippen LogP contribution is -2.51. The lowest BCUT2D eigenvalue weighted by Gasteiger charge is -2.28. The Bertz CT molecular complexity index is 1480. The Morgan fingerprint density at radius 1 is 0.784 bits per heavy atom. The molecule has 186 valence electrons. The van der Waals surface area contributed by atoms with E-state index in [1.165, 1.54) is 42.5 Å². The van der Waals surface area contributed by atoms with Crippen molar-refractivity contribution in [3.8, 4) is 0 Å². The highest BCUT2D eigenvalue weighted by Crippen LogP contribution is 2.58. The van der Waals surface area contributed by atoms with Gasteiger partial charge in [0.2, 0.25) is 29.0 Å². The van der Waals surface area contributed by atoms with Crippen LogP contribution in [0.15, 0.2) is 72.8 Å². The van der Waals surface area contributed by atoms with Crippen LogP contribution in [0.3, 0.4) is 0 Å². The van der Waals surface area contributed by atoms with Crippen LogP contribution in [-0.4, -0.2) is 29.0 Å². The maximum atomic E-state index is 13.8. The minimum atomic E-state index is -4.87. The highest BCUT2D eigenvalue weighted by Gasteiger charge is 2.75. The van der Waals surface area contributed by atoms with Crippen molar-refractivity contribution in [2.75, 3.05) is 4.90 Å². The molecule has 0 saturated carbocycles. The number of amides is 2. The summed E-state index contributed by atoms with van der Waals surface area (Å²) in [6.45, 7) is 0. The summed E-state index contributed by atoms with van der Waals surface area (Å²) in [5.41, 5.74) is -3.84. The summed E-state index contributed by atoms with van der Waals surface area (Å²) < 4.78 is 47.6. The fourth-order valence-electron chi connectivity index (χ4n) is 5.62. The number of alkyl halides is 3. The number of halogens is 4. The van der Waals surface area contributed by atoms with Crippen LogP contribution >= 0.6 is 11.6 Å². The monoisotopic (exact) mass is 525 g/mol. The number of ether oxygens (including phenoxy) is 1. The van der Waals surface area contributed by atoms with Crippen LogP contribution in [0.1, 0.15) is 37.9 Å². The average Bonchev–Trinajstić information content (AvgIpc) is 3.44. The molecule has 2 saturated heterocycles. The zero-order valence-corrected chi connectivity index (χ0v) is 19.4. The predicted octanol–water partition coefficient (Wildman–Crippen LogP) is 5.05. The molecule has 3 aliphatic rings. The first kappa shape index (κ1) is 23.6. The Hall–Kier alpha value is -3.82. The number of ketones is 2. The normalized spacial score (nSPS) is 24.2. The Labute approximate surface area is 212 Å². The number of benzene rings is 3. The summed E-state index contributed by atoms with van der Waals surface area (Å²) >= 11 is 5.99. The Morgan fingerprint density at radius 3 is 1.95 bits per heavy atom. The van der Waals surface area contributed by atoms with Gasteiger partial charge in [-0.2, -0.15) is 13.2 Å². The van der Waals surface area contributed by atoms with Gasteiger partial charge in [-0.3, -0.25) is 19.2 Å². The summed E-state index contributed by atoms with van der Waals surface area (Å²) in [4.78, 5) is 55.4. The molecule has 2 heterocycles. The van der Waals surface area contributed by atoms with Gasteiger partial charge in [0, 0.05) is 16.1 Å². The van der Waals surface area contributed by atoms with Crippen LogP contribution in [0.25, 0.3) is 0 Å². The Morgan fingerprint density at radius 2 is 1.35 bits per heavy atom. The summed E-state index contributed by atoms with van der Waals surface area (Å²) in [5.74, 6) is -6.76. The van der Waals surface area contributed by atoms with Gasteiger partial charge in [-0.15, -0.1) is 0 Å². The van der Waals surface area contributed by atoms with E-state index in [1.54, 1.807) is 12.1 Å². The van der Waals surface area contributed by atoms with Crippen LogP contribution in [0.4, 0.5) is 18.9 Å². The van der Waals surface area contributed by atoms with Crippen LogP contribution in [0.5, 0.6) is 0 Å². The van der Waals surface area contributed by atoms with E-state index in [9.17, 15) is 32.3 Å². The lowest BCUT2D eigenvalue weighted by molar-refractivity contribution is -0.137. The number of nitrogens with zero attached hydrogens (tertiary/aromatic N) is 1. The first-order valence-corrected chi connectivity index (χ1v) is 11.6. The van der Waals surface area contributed by atoms with E-state index >= 15 is 0 Å². The molecule has 0 aromatic heterocycles. The summed E-state index contributed by atoms with van der Waals surface area (Å²) in [6, 6.07) is 16.1. The highest BCUT2D eigenvalue weighted by molar-refractivity contribution is 6.37. The van der Waals surface area contributed by atoms with Gasteiger partial charge >= 0.3 is 6.18 Å². The quantitative estimate of drug-likeness (QED) is 0.345. The molecule has 6 rings (SSSR count). The number of para-hydroxylation sites is 1. The van der Waals surface area contributed by atoms with Crippen molar-refractivity contribution >= 4 is 40.7 Å². The van der Waals surface area contributed by atoms with Crippen molar-refractivity contribution in [3.05, 3.63) is 100 Å². The fraction of sp³-hybridized carbons (Fsp3) is 0.185. The molecule has 3 unspecified atom stereocenters. The minimum absolute atomic E-state index is 0.0254. The second kappa shape index (κ2) is 7.84. The van der Waals surface area contributed by atoms with Crippen molar-refractivity contribution in [3.63, 3.8) is 0 Å². The number of imide groups is 1. The number of hydrogen-bond donors (Lipinski definition) is 0. The van der Waals surface area contributed by atoms with Gasteiger partial charge in [0.15, 0.2) is 0 Å². The van der Waals surface area contributed by atoms with E-state index in [0.29, 0.717) is 15.5 Å². The van der Waals surface area contributed by atoms with Gasteiger partial charge in [-0.05, 0) is 29.8 Å². The van der Waals surface area contributed by atoms with Crippen LogP contribution in [0, 0.1) is 11.8 Å². The molecule has 0 radical (unpaired) electrons. The van der Waals surface area contributed by atoms with E-state index in [2.05, 4.69) is 0 Å². The lowest BCUT2D eigenvalue weighted by atomic mass is 9.77. The maximum absolute atomic E-state index is 13.8. The predicted molar refractivity (Wildman–Crippen MR) is 124 cm³/mol. The molecular weight excluding hydrogens is 511 g/mol. The third-order valence-corrected chi connectivity index (χ3v) is 7.42. The van der Waals surface area contributed by atoms with E-state index in [0.717, 1.165) is 18.2 Å². The second-order valence-corrected chi connectivity index (χ2v) is 9.50. The van der Waals surface area contributed by atoms with Gasteiger partial charge in [0.25, 0.3) is 0 Å². The van der Waals surface area contributed by atoms with Crippen LogP contribution in [0.2, 0.25) is 5.02 Å². The Balaban J connectivity index is 1.56. The van der Waals surface area contributed by atoms with E-state index in [4.69, 9.17) is 16.3 Å². The first-order chi connectivity index (χ1) is 17.6. The van der Waals surface area contributed by atoms with Crippen molar-refractivity contribution in [1.29, 1.82) is 0 Å². The summed E-state index contributed by atoms with van der Waals surface area (Å²) in [5, 5.41) is 0.364. The molecule has 3 aromatic rings. The molecule has 2 aliphatic heterocycles. The molecule has 10 heteroatoms. The average molecular weight is 526 g/mol. The molecule has 6 nitrogen and oxygen atoms in total. The molecule has 3 aromatic carbocycles. The molecule has 0 N–H and O–H groups in total. The summed E-state index contributed by atoms with van der Waals surface area (Å²) in [7, 11) is 0. The van der Waals surface area contributed by atoms with Crippen molar-refractivity contribution in [2.24, 2.45) is 11.8 Å². The van der Waals surface area contributed by atoms with E-state index < -0.39 is 64.3 Å². The van der Waals surface area contributed by atoms with Crippen molar-refractivity contribution in [1.82, 2.24) is 0 Å². The second-order valence-electron chi connectivity index (χ2n) is 9.06. The zero-order chi connectivity index (χ0) is 26.3. The molecule has 1 aliphatic carbocycles. The standard InChI is InChI=1S/C27H15ClF3NO5/c28-14-11-9-13(10-12-14)21-19-20(26(37-21)22(33)15-5-1-2-6-16(15)23(26)34)25(36)32(24(19)35)18-8-4-3-7-17(18)27(29,30)31/h1-12,19-21H. The van der Waals surface area contributed by atoms with Crippen molar-refractivity contribution < 1.29 is 37.1 Å². The number of fused-ring (bicyclic) bond motifs is 3. The molecule has 1 spiro atoms. The van der Waals surface area contributed by atoms with E-state index in [-0.39, 0.29) is 11.1 Å². The molecule has 3 atom stereocenters. The number of rotatable bonds is 2. The summed E-state index contributed by atoms with van der Waals surface area (Å²) in [6.07, 6.45) is -6.13. The van der Waals surface area contributed by atoms with Crippen molar-refractivity contribution in [2.45, 2.75) is 17.9 Å². The number of carbonyl (C=O) groups excluding carboxylic acids is 4. The topological polar surface area (TPSA) is 80.8 Å². The smallest absolute Gasteiger partial charge is 0.349 e. The van der Waals surface area contributed by atoms with Gasteiger partial charge < -0.3 is 4.74 Å². The molecule has 37 heavy (non-hydrogen) atoms. The van der Waals surface area contributed by atoms with Gasteiger partial charge in [0.05, 0.1) is 29.2 Å². The molecular formula is C27H15ClF3NO5. The first-order valence-electron chi connectivity index (χ1n) is 11.2. The number of anilines is 1. The SMILES string of the molecule is O=C1C2C(c3ccc(Cl)cc3)OC3(C(=O)c4ccccc4C3=O)C2C(=O)N1c1ccccc1C(F)(F)F. The van der Waals surface area contributed by atoms with Crippen LogP contribution < -0.4 is 4.90 Å². The van der Waals surface area contributed by atoms with Gasteiger partial charge in [-0.25, -0.2) is 4.90 Å². The minimum Gasteiger partial charge on any atom is -0.349 e. The molecule has 0 bridgehead atoms. The van der Waals surface area contributed by atoms with Gasteiger partial charge in [0.1, 0.15) is 0 Å². The molecule has 2 fully saturated rings. The number of carbonyl (C=O) groups is 4. The van der Waals surface area contributed by atoms with Gasteiger partial charge in [-0.1, -0.05) is 60.1 Å². The number of Topliss-reactive ketones (excluding diaryl/α,β-unsaturated/α-hetero) is 2. The fourth-order valence-corrected chi connectivity index (χ4v) is 5.74. The van der Waals surface area contributed by atoms with E-state index in [1.807, 2.05) is 0 Å². The Kier molecular flexibility index (Phi) is 4.99. The third-order valence-electron chi connectivity index (χ3n) is 7.17. The highest BCUT2D eigenvalue weighted by atomic mass is 35.5. The zero-order valence-electron chi connectivity index (χ0n) is 18.7. The van der Waals surface area contributed by atoms with Crippen LogP contribution in [-0.2, 0) is 20.5 Å². The largest absolute Gasteiger partial charge is 0.418 e. The third kappa shape index (κ3) is 3.10. The number of hydrogen-bond acceptors (Lipinski definition) is 5. The molecule has 2 amide bonds.